The lowest BCUT2D eigenvalue weighted by Crippen LogP contribution is -2.35. The maximum Gasteiger partial charge on any atom is 0.126 e. The second-order valence-electron chi connectivity index (χ2n) is 5.25. The molecule has 0 aliphatic rings. The molecule has 3 N–H and O–H groups in total. The predicted molar refractivity (Wildman–Crippen MR) is 76.5 cm³/mol. The van der Waals surface area contributed by atoms with Crippen LogP contribution in [-0.2, 0) is 0 Å². The summed E-state index contributed by atoms with van der Waals surface area (Å²) in [7, 11) is 0. The van der Waals surface area contributed by atoms with Gasteiger partial charge in [-0.25, -0.2) is 4.39 Å². The highest BCUT2D eigenvalue weighted by Crippen LogP contribution is 2.22. The van der Waals surface area contributed by atoms with Crippen molar-refractivity contribution in [2.24, 2.45) is 17.6 Å². The molecule has 0 fully saturated rings. The van der Waals surface area contributed by atoms with Crippen molar-refractivity contribution in [3.8, 4) is 0 Å². The fraction of sp³-hybridized carbons (Fsp3) is 0.571. The Labute approximate surface area is 114 Å². The van der Waals surface area contributed by atoms with Crippen LogP contribution in [0.3, 0.4) is 0 Å². The van der Waals surface area contributed by atoms with E-state index in [1.165, 1.54) is 12.1 Å². The molecule has 18 heavy (non-hydrogen) atoms. The molecule has 0 saturated carbocycles. The first-order valence-corrected chi connectivity index (χ1v) is 6.73. The van der Waals surface area contributed by atoms with Gasteiger partial charge in [-0.2, -0.15) is 0 Å². The highest BCUT2D eigenvalue weighted by molar-refractivity contribution is 6.30. The normalized spacial score (nSPS) is 14.6. The number of anilines is 1. The van der Waals surface area contributed by atoms with Crippen LogP contribution in [0.5, 0.6) is 0 Å². The lowest BCUT2D eigenvalue weighted by atomic mass is 9.92. The molecule has 102 valence electrons. The summed E-state index contributed by atoms with van der Waals surface area (Å²) >= 11 is 5.83. The zero-order chi connectivity index (χ0) is 13.7. The average molecular weight is 273 g/mol. The number of rotatable bonds is 6. The maximum atomic E-state index is 13.2. The zero-order valence-corrected chi connectivity index (χ0v) is 12.0. The SMILES string of the molecule is CC(C)CC(C)C(CN)Nc1cc(F)cc(Cl)c1. The first-order chi connectivity index (χ1) is 8.42. The van der Waals surface area contributed by atoms with Gasteiger partial charge in [0.25, 0.3) is 0 Å². The topological polar surface area (TPSA) is 38.0 Å². The van der Waals surface area contributed by atoms with Gasteiger partial charge in [-0.1, -0.05) is 32.4 Å². The lowest BCUT2D eigenvalue weighted by molar-refractivity contribution is 0.391. The zero-order valence-electron chi connectivity index (χ0n) is 11.2. The summed E-state index contributed by atoms with van der Waals surface area (Å²) in [5.41, 5.74) is 6.47. The van der Waals surface area contributed by atoms with Gasteiger partial charge < -0.3 is 11.1 Å². The first-order valence-electron chi connectivity index (χ1n) is 6.35. The van der Waals surface area contributed by atoms with Crippen LogP contribution in [-0.4, -0.2) is 12.6 Å². The van der Waals surface area contributed by atoms with E-state index in [0.717, 1.165) is 6.42 Å². The third-order valence-corrected chi connectivity index (χ3v) is 3.22. The monoisotopic (exact) mass is 272 g/mol. The number of nitrogens with two attached hydrogens (primary N) is 1. The Kier molecular flexibility index (Phi) is 5.89. The highest BCUT2D eigenvalue weighted by atomic mass is 35.5. The molecule has 0 saturated heterocycles. The van der Waals surface area contributed by atoms with E-state index < -0.39 is 0 Å². The fourth-order valence-corrected chi connectivity index (χ4v) is 2.41. The Morgan fingerprint density at radius 3 is 2.44 bits per heavy atom. The van der Waals surface area contributed by atoms with E-state index in [1.807, 2.05) is 0 Å². The Balaban J connectivity index is 2.72. The molecule has 0 aliphatic heterocycles. The molecule has 1 aromatic rings. The van der Waals surface area contributed by atoms with Gasteiger partial charge >= 0.3 is 0 Å². The van der Waals surface area contributed by atoms with E-state index in [2.05, 4.69) is 26.1 Å². The van der Waals surface area contributed by atoms with Crippen molar-refractivity contribution < 1.29 is 4.39 Å². The van der Waals surface area contributed by atoms with Crippen molar-refractivity contribution in [3.05, 3.63) is 29.0 Å². The van der Waals surface area contributed by atoms with Crippen LogP contribution in [0.4, 0.5) is 10.1 Å². The number of nitrogens with one attached hydrogen (secondary N) is 1. The molecule has 1 rings (SSSR count). The van der Waals surface area contributed by atoms with Crippen LogP contribution in [0.2, 0.25) is 5.02 Å². The van der Waals surface area contributed by atoms with Gasteiger partial charge in [-0.15, -0.1) is 0 Å². The molecule has 0 aromatic heterocycles. The van der Waals surface area contributed by atoms with Crippen molar-refractivity contribution in [2.75, 3.05) is 11.9 Å². The number of hydrogen-bond acceptors (Lipinski definition) is 2. The summed E-state index contributed by atoms with van der Waals surface area (Å²) in [6.07, 6.45) is 1.08. The molecule has 0 amide bonds. The minimum Gasteiger partial charge on any atom is -0.381 e. The molecular formula is C14H22ClFN2. The Morgan fingerprint density at radius 2 is 1.94 bits per heavy atom. The van der Waals surface area contributed by atoms with Gasteiger partial charge in [0, 0.05) is 23.3 Å². The molecule has 0 spiro atoms. The molecule has 2 unspecified atom stereocenters. The molecule has 0 radical (unpaired) electrons. The molecule has 1 aromatic carbocycles. The van der Waals surface area contributed by atoms with Gasteiger partial charge in [0.1, 0.15) is 5.82 Å². The Morgan fingerprint density at radius 1 is 1.28 bits per heavy atom. The summed E-state index contributed by atoms with van der Waals surface area (Å²) < 4.78 is 13.2. The van der Waals surface area contributed by atoms with E-state index in [9.17, 15) is 4.39 Å². The third-order valence-electron chi connectivity index (χ3n) is 3.00. The van der Waals surface area contributed by atoms with Crippen molar-refractivity contribution in [1.29, 1.82) is 0 Å². The second-order valence-corrected chi connectivity index (χ2v) is 5.69. The average Bonchev–Trinajstić information content (AvgIpc) is 2.23. The minimum absolute atomic E-state index is 0.130. The van der Waals surface area contributed by atoms with Gasteiger partial charge in [0.2, 0.25) is 0 Å². The van der Waals surface area contributed by atoms with Crippen LogP contribution in [0.15, 0.2) is 18.2 Å². The Bertz CT molecular complexity index is 362. The molecule has 2 atom stereocenters. The Hall–Kier alpha value is -0.800. The van der Waals surface area contributed by atoms with Gasteiger partial charge in [-0.05, 0) is 36.5 Å². The summed E-state index contributed by atoms with van der Waals surface area (Å²) in [5, 5.41) is 3.66. The third kappa shape index (κ3) is 4.83. The van der Waals surface area contributed by atoms with Crippen molar-refractivity contribution >= 4 is 17.3 Å². The minimum atomic E-state index is -0.336. The molecule has 2 nitrogen and oxygen atoms in total. The molecule has 0 aliphatic carbocycles. The van der Waals surface area contributed by atoms with E-state index in [1.54, 1.807) is 6.07 Å². The summed E-state index contributed by atoms with van der Waals surface area (Å²) in [6.45, 7) is 7.04. The summed E-state index contributed by atoms with van der Waals surface area (Å²) in [6, 6.07) is 4.58. The van der Waals surface area contributed by atoms with Crippen molar-refractivity contribution in [2.45, 2.75) is 33.2 Å². The fourth-order valence-electron chi connectivity index (χ4n) is 2.19. The van der Waals surface area contributed by atoms with Crippen LogP contribution in [0.1, 0.15) is 27.2 Å². The van der Waals surface area contributed by atoms with E-state index in [0.29, 0.717) is 29.1 Å². The van der Waals surface area contributed by atoms with E-state index >= 15 is 0 Å². The summed E-state index contributed by atoms with van der Waals surface area (Å²) in [4.78, 5) is 0. The quantitative estimate of drug-likeness (QED) is 0.824. The van der Waals surface area contributed by atoms with E-state index in [4.69, 9.17) is 17.3 Å². The van der Waals surface area contributed by atoms with Crippen molar-refractivity contribution in [1.82, 2.24) is 0 Å². The molecular weight excluding hydrogens is 251 g/mol. The molecule has 4 heteroatoms. The highest BCUT2D eigenvalue weighted by Gasteiger charge is 2.17. The standard InChI is InChI=1S/C14H22ClFN2/c1-9(2)4-10(3)14(8-17)18-13-6-11(15)5-12(16)7-13/h5-7,9-10,14,18H,4,8,17H2,1-3H3. The second kappa shape index (κ2) is 6.95. The van der Waals surface area contributed by atoms with Gasteiger partial charge in [0.15, 0.2) is 0 Å². The van der Waals surface area contributed by atoms with Crippen LogP contribution in [0, 0.1) is 17.7 Å². The van der Waals surface area contributed by atoms with Gasteiger partial charge in [-0.3, -0.25) is 0 Å². The van der Waals surface area contributed by atoms with Gasteiger partial charge in [0.05, 0.1) is 0 Å². The number of benzene rings is 1. The largest absolute Gasteiger partial charge is 0.381 e. The maximum absolute atomic E-state index is 13.2. The molecule has 0 heterocycles. The number of halogens is 2. The predicted octanol–water partition coefficient (Wildman–Crippen LogP) is 3.90. The summed E-state index contributed by atoms with van der Waals surface area (Å²) in [5.74, 6) is 0.710. The van der Waals surface area contributed by atoms with Crippen LogP contribution < -0.4 is 11.1 Å². The lowest BCUT2D eigenvalue weighted by Gasteiger charge is -2.26. The number of hydrogen-bond donors (Lipinski definition) is 2. The van der Waals surface area contributed by atoms with Crippen LogP contribution in [0.25, 0.3) is 0 Å². The smallest absolute Gasteiger partial charge is 0.126 e. The van der Waals surface area contributed by atoms with Crippen LogP contribution >= 0.6 is 11.6 Å². The van der Waals surface area contributed by atoms with E-state index in [-0.39, 0.29) is 11.9 Å². The van der Waals surface area contributed by atoms with Crippen molar-refractivity contribution in [3.63, 3.8) is 0 Å². The molecule has 0 bridgehead atoms. The first kappa shape index (κ1) is 15.3.